The molecule has 0 unspecified atom stereocenters. The quantitative estimate of drug-likeness (QED) is 0.831. The number of amides is 2. The number of rotatable bonds is 4. The van der Waals surface area contributed by atoms with Gasteiger partial charge in [-0.15, -0.1) is 0 Å². The third kappa shape index (κ3) is 4.61. The molecule has 0 saturated heterocycles. The fraction of sp³-hybridized carbons (Fsp3) is 0.0667. The van der Waals surface area contributed by atoms with Gasteiger partial charge in [-0.3, -0.25) is 0 Å². The van der Waals surface area contributed by atoms with E-state index in [1.165, 1.54) is 0 Å². The van der Waals surface area contributed by atoms with Gasteiger partial charge in [0, 0.05) is 10.2 Å². The highest BCUT2D eigenvalue weighted by Crippen LogP contribution is 2.14. The van der Waals surface area contributed by atoms with Crippen molar-refractivity contribution in [2.45, 2.75) is 6.61 Å². The third-order valence-corrected chi connectivity index (χ3v) is 3.14. The number of esters is 1. The minimum atomic E-state index is -0.653. The molecule has 0 aromatic heterocycles. The van der Waals surface area contributed by atoms with Crippen molar-refractivity contribution in [1.82, 2.24) is 0 Å². The first kappa shape index (κ1) is 15.1. The maximum Gasteiger partial charge on any atom is 0.338 e. The van der Waals surface area contributed by atoms with Gasteiger partial charge in [-0.2, -0.15) is 0 Å². The van der Waals surface area contributed by atoms with Crippen molar-refractivity contribution in [3.63, 3.8) is 0 Å². The average molecular weight is 349 g/mol. The first-order valence-corrected chi connectivity index (χ1v) is 6.92. The lowest BCUT2D eigenvalue weighted by Crippen LogP contribution is -2.19. The highest BCUT2D eigenvalue weighted by atomic mass is 79.9. The fourth-order valence-electron chi connectivity index (χ4n) is 1.69. The molecule has 5 nitrogen and oxygen atoms in total. The van der Waals surface area contributed by atoms with Gasteiger partial charge >= 0.3 is 12.0 Å². The zero-order chi connectivity index (χ0) is 15.2. The van der Waals surface area contributed by atoms with Crippen LogP contribution in [0.2, 0.25) is 0 Å². The van der Waals surface area contributed by atoms with E-state index in [-0.39, 0.29) is 6.61 Å². The summed E-state index contributed by atoms with van der Waals surface area (Å²) in [5.74, 6) is -0.430. The van der Waals surface area contributed by atoms with Crippen LogP contribution in [-0.2, 0) is 11.3 Å². The molecule has 0 heterocycles. The number of benzene rings is 2. The number of hydrogen-bond acceptors (Lipinski definition) is 3. The molecule has 0 spiro atoms. The largest absolute Gasteiger partial charge is 0.457 e. The molecule has 0 radical (unpaired) electrons. The number of urea groups is 1. The Kier molecular flexibility index (Phi) is 4.94. The highest BCUT2D eigenvalue weighted by molar-refractivity contribution is 9.10. The Labute approximate surface area is 130 Å². The summed E-state index contributed by atoms with van der Waals surface area (Å²) in [7, 11) is 0. The third-order valence-electron chi connectivity index (χ3n) is 2.65. The highest BCUT2D eigenvalue weighted by Gasteiger charge is 2.07. The lowest BCUT2D eigenvalue weighted by atomic mass is 10.2. The van der Waals surface area contributed by atoms with E-state index in [2.05, 4.69) is 21.2 Å². The minimum absolute atomic E-state index is 0.194. The maximum absolute atomic E-state index is 11.9. The van der Waals surface area contributed by atoms with Gasteiger partial charge in [-0.25, -0.2) is 9.59 Å². The molecular formula is C15H13BrN2O3. The van der Waals surface area contributed by atoms with Crippen molar-refractivity contribution < 1.29 is 14.3 Å². The van der Waals surface area contributed by atoms with Crippen LogP contribution in [0.15, 0.2) is 53.0 Å². The van der Waals surface area contributed by atoms with E-state index in [1.807, 2.05) is 24.3 Å². The van der Waals surface area contributed by atoms with E-state index in [1.54, 1.807) is 24.3 Å². The number of primary amides is 1. The normalized spacial score (nSPS) is 9.95. The van der Waals surface area contributed by atoms with Gasteiger partial charge in [0.15, 0.2) is 0 Å². The molecule has 0 aliphatic rings. The fourth-order valence-corrected chi connectivity index (χ4v) is 2.14. The summed E-state index contributed by atoms with van der Waals surface area (Å²) in [6, 6.07) is 13.2. The van der Waals surface area contributed by atoms with E-state index < -0.39 is 12.0 Å². The molecule has 6 heteroatoms. The van der Waals surface area contributed by atoms with E-state index in [0.29, 0.717) is 11.3 Å². The number of nitrogens with two attached hydrogens (primary N) is 1. The van der Waals surface area contributed by atoms with E-state index in [0.717, 1.165) is 10.0 Å². The molecular weight excluding hydrogens is 336 g/mol. The zero-order valence-corrected chi connectivity index (χ0v) is 12.6. The molecule has 21 heavy (non-hydrogen) atoms. The number of carbonyl (C=O) groups is 2. The molecule has 0 aliphatic heterocycles. The molecule has 0 saturated carbocycles. The summed E-state index contributed by atoms with van der Waals surface area (Å²) in [6.45, 7) is 0.194. The van der Waals surface area contributed by atoms with Crippen molar-refractivity contribution in [2.75, 3.05) is 5.32 Å². The first-order chi connectivity index (χ1) is 10.0. The van der Waals surface area contributed by atoms with Gasteiger partial charge in [0.1, 0.15) is 6.61 Å². The number of hydrogen-bond donors (Lipinski definition) is 2. The second-order valence-electron chi connectivity index (χ2n) is 4.27. The molecule has 0 atom stereocenters. The number of anilines is 1. The van der Waals surface area contributed by atoms with E-state index >= 15 is 0 Å². The van der Waals surface area contributed by atoms with E-state index in [9.17, 15) is 9.59 Å². The van der Waals surface area contributed by atoms with Crippen molar-refractivity contribution in [3.05, 3.63) is 64.1 Å². The summed E-state index contributed by atoms with van der Waals surface area (Å²) >= 11 is 3.36. The monoisotopic (exact) mass is 348 g/mol. The molecule has 2 aromatic rings. The van der Waals surface area contributed by atoms with Crippen LogP contribution in [0.4, 0.5) is 10.5 Å². The maximum atomic E-state index is 11.9. The van der Waals surface area contributed by atoms with Gasteiger partial charge < -0.3 is 15.8 Å². The summed E-state index contributed by atoms with van der Waals surface area (Å²) in [5.41, 5.74) is 6.82. The Morgan fingerprint density at radius 2 is 1.86 bits per heavy atom. The zero-order valence-electron chi connectivity index (χ0n) is 11.0. The standard InChI is InChI=1S/C15H13BrN2O3/c16-12-3-1-2-10(8-12)9-21-14(19)11-4-6-13(7-5-11)18-15(17)20/h1-8H,9H2,(H3,17,18,20). The topological polar surface area (TPSA) is 81.4 Å². The summed E-state index contributed by atoms with van der Waals surface area (Å²) in [5, 5.41) is 2.42. The molecule has 2 amide bonds. The predicted octanol–water partition coefficient (Wildman–Crippen LogP) is 3.30. The molecule has 3 N–H and O–H groups in total. The summed E-state index contributed by atoms with van der Waals surface area (Å²) in [4.78, 5) is 22.6. The Morgan fingerprint density at radius 3 is 2.48 bits per heavy atom. The molecule has 0 fully saturated rings. The Hall–Kier alpha value is -2.34. The average Bonchev–Trinajstić information content (AvgIpc) is 2.45. The molecule has 108 valence electrons. The van der Waals surface area contributed by atoms with Crippen LogP contribution < -0.4 is 11.1 Å². The van der Waals surface area contributed by atoms with Gasteiger partial charge in [0.2, 0.25) is 0 Å². The second-order valence-corrected chi connectivity index (χ2v) is 5.19. The van der Waals surface area contributed by atoms with Crippen LogP contribution >= 0.6 is 15.9 Å². The lowest BCUT2D eigenvalue weighted by Gasteiger charge is -2.06. The molecule has 0 aliphatic carbocycles. The smallest absolute Gasteiger partial charge is 0.338 e. The van der Waals surface area contributed by atoms with Crippen molar-refractivity contribution >= 4 is 33.6 Å². The summed E-state index contributed by atoms with van der Waals surface area (Å²) in [6.07, 6.45) is 0. The van der Waals surface area contributed by atoms with Crippen LogP contribution in [0.25, 0.3) is 0 Å². The van der Waals surface area contributed by atoms with Gasteiger partial charge in [0.05, 0.1) is 5.56 Å². The van der Waals surface area contributed by atoms with Gasteiger partial charge in [-0.05, 0) is 42.0 Å². The molecule has 2 rings (SSSR count). The van der Waals surface area contributed by atoms with Crippen LogP contribution in [-0.4, -0.2) is 12.0 Å². The Morgan fingerprint density at radius 1 is 1.14 bits per heavy atom. The molecule has 2 aromatic carbocycles. The van der Waals surface area contributed by atoms with E-state index in [4.69, 9.17) is 10.5 Å². The van der Waals surface area contributed by atoms with Gasteiger partial charge in [-0.1, -0.05) is 28.1 Å². The molecule has 0 bridgehead atoms. The Bertz CT molecular complexity index is 656. The lowest BCUT2D eigenvalue weighted by molar-refractivity contribution is 0.0472. The SMILES string of the molecule is NC(=O)Nc1ccc(C(=O)OCc2cccc(Br)c2)cc1. The van der Waals surface area contributed by atoms with Crippen molar-refractivity contribution in [1.29, 1.82) is 0 Å². The van der Waals surface area contributed by atoms with Crippen LogP contribution in [0.3, 0.4) is 0 Å². The number of halogens is 1. The van der Waals surface area contributed by atoms with Crippen molar-refractivity contribution in [2.24, 2.45) is 5.73 Å². The predicted molar refractivity (Wildman–Crippen MR) is 82.9 cm³/mol. The number of ether oxygens (including phenoxy) is 1. The Balaban J connectivity index is 1.95. The second kappa shape index (κ2) is 6.90. The number of nitrogens with one attached hydrogen (secondary N) is 1. The number of carbonyl (C=O) groups excluding carboxylic acids is 2. The van der Waals surface area contributed by atoms with Crippen molar-refractivity contribution in [3.8, 4) is 0 Å². The van der Waals surface area contributed by atoms with Crippen LogP contribution in [0, 0.1) is 0 Å². The first-order valence-electron chi connectivity index (χ1n) is 6.12. The minimum Gasteiger partial charge on any atom is -0.457 e. The van der Waals surface area contributed by atoms with Crippen LogP contribution in [0.5, 0.6) is 0 Å². The van der Waals surface area contributed by atoms with Crippen LogP contribution in [0.1, 0.15) is 15.9 Å². The van der Waals surface area contributed by atoms with Gasteiger partial charge in [0.25, 0.3) is 0 Å². The summed E-state index contributed by atoms with van der Waals surface area (Å²) < 4.78 is 6.15.